The van der Waals surface area contributed by atoms with E-state index in [1.165, 1.54) is 31.4 Å². The van der Waals surface area contributed by atoms with Gasteiger partial charge in [-0.05, 0) is 56.2 Å². The molecule has 8 heteroatoms. The molecule has 2 aromatic rings. The second-order valence-electron chi connectivity index (χ2n) is 6.36. The van der Waals surface area contributed by atoms with Crippen LogP contribution >= 0.6 is 23.8 Å². The van der Waals surface area contributed by atoms with E-state index in [4.69, 9.17) is 23.8 Å². The summed E-state index contributed by atoms with van der Waals surface area (Å²) in [6, 6.07) is 6.40. The maximum absolute atomic E-state index is 13.1. The summed E-state index contributed by atoms with van der Waals surface area (Å²) in [7, 11) is 0. The van der Waals surface area contributed by atoms with Gasteiger partial charge in [0, 0.05) is 6.04 Å². The third-order valence-electron chi connectivity index (χ3n) is 4.42. The number of hydrazone groups is 1. The van der Waals surface area contributed by atoms with Crippen LogP contribution in [0.15, 0.2) is 29.4 Å². The van der Waals surface area contributed by atoms with E-state index in [9.17, 15) is 4.39 Å². The summed E-state index contributed by atoms with van der Waals surface area (Å²) in [5.74, 6) is -0.307. The zero-order chi connectivity index (χ0) is 18.5. The summed E-state index contributed by atoms with van der Waals surface area (Å²) in [5.41, 5.74) is 4.92. The van der Waals surface area contributed by atoms with Crippen LogP contribution in [0.1, 0.15) is 43.4 Å². The molecule has 0 saturated heterocycles. The van der Waals surface area contributed by atoms with Crippen LogP contribution in [0.25, 0.3) is 5.69 Å². The van der Waals surface area contributed by atoms with Gasteiger partial charge in [0.1, 0.15) is 11.0 Å². The Balaban J connectivity index is 1.65. The molecule has 1 saturated carbocycles. The number of nitrogens with one attached hydrogen (secondary N) is 2. The molecule has 1 aromatic carbocycles. The Hall–Kier alpha value is -1.99. The standard InChI is InChI=1S/C18H21ClFN5S/c1-12-16(11-21-23-18(26)22-14-5-3-2-4-6-14)17(19)25(24-12)15-9-7-13(20)8-10-15/h7-11,14H,2-6H2,1H3,(H2,22,23,26)/b21-11+. The lowest BCUT2D eigenvalue weighted by Crippen LogP contribution is -2.40. The van der Waals surface area contributed by atoms with Gasteiger partial charge in [0.25, 0.3) is 0 Å². The zero-order valence-electron chi connectivity index (χ0n) is 14.5. The maximum atomic E-state index is 13.1. The number of halogens is 2. The molecule has 1 aliphatic rings. The largest absolute Gasteiger partial charge is 0.359 e. The van der Waals surface area contributed by atoms with Crippen LogP contribution in [0.2, 0.25) is 5.15 Å². The summed E-state index contributed by atoms with van der Waals surface area (Å²) in [5, 5.41) is 12.8. The van der Waals surface area contributed by atoms with E-state index in [1.807, 2.05) is 6.92 Å². The predicted molar refractivity (Wildman–Crippen MR) is 107 cm³/mol. The van der Waals surface area contributed by atoms with E-state index >= 15 is 0 Å². The van der Waals surface area contributed by atoms with Crippen LogP contribution in [-0.2, 0) is 0 Å². The minimum Gasteiger partial charge on any atom is -0.359 e. The molecular formula is C18H21ClFN5S. The van der Waals surface area contributed by atoms with E-state index in [2.05, 4.69) is 20.9 Å². The Kier molecular flexibility index (Phi) is 6.21. The first-order valence-corrected chi connectivity index (χ1v) is 9.44. The Morgan fingerprint density at radius 1 is 1.31 bits per heavy atom. The van der Waals surface area contributed by atoms with Gasteiger partial charge in [-0.2, -0.15) is 10.2 Å². The van der Waals surface area contributed by atoms with Crippen molar-refractivity contribution in [3.8, 4) is 5.69 Å². The molecule has 0 bridgehead atoms. The Morgan fingerprint density at radius 2 is 2.00 bits per heavy atom. The first-order valence-electron chi connectivity index (χ1n) is 8.65. The molecule has 0 atom stereocenters. The fourth-order valence-electron chi connectivity index (χ4n) is 3.03. The number of hydrogen-bond acceptors (Lipinski definition) is 3. The predicted octanol–water partition coefficient (Wildman–Crippen LogP) is 4.10. The average molecular weight is 394 g/mol. The SMILES string of the molecule is Cc1nn(-c2ccc(F)cc2)c(Cl)c1/C=N/NC(=S)NC1CCCCC1. The molecule has 1 fully saturated rings. The lowest BCUT2D eigenvalue weighted by Gasteiger charge is -2.23. The fourth-order valence-corrected chi connectivity index (χ4v) is 3.57. The summed E-state index contributed by atoms with van der Waals surface area (Å²) >= 11 is 11.7. The Bertz CT molecular complexity index is 797. The molecule has 5 nitrogen and oxygen atoms in total. The molecule has 3 rings (SSSR count). The Morgan fingerprint density at radius 3 is 2.69 bits per heavy atom. The van der Waals surface area contributed by atoms with Crippen molar-refractivity contribution >= 4 is 35.1 Å². The molecule has 1 heterocycles. The summed E-state index contributed by atoms with van der Waals surface area (Å²) in [6.45, 7) is 1.84. The van der Waals surface area contributed by atoms with Crippen LogP contribution < -0.4 is 10.7 Å². The van der Waals surface area contributed by atoms with Crippen molar-refractivity contribution < 1.29 is 4.39 Å². The van der Waals surface area contributed by atoms with E-state index in [-0.39, 0.29) is 5.82 Å². The average Bonchev–Trinajstić information content (AvgIpc) is 2.91. The molecule has 2 N–H and O–H groups in total. The second kappa shape index (κ2) is 8.60. The van der Waals surface area contributed by atoms with Gasteiger partial charge < -0.3 is 5.32 Å². The highest BCUT2D eigenvalue weighted by Gasteiger charge is 2.15. The molecule has 1 aliphatic carbocycles. The first-order chi connectivity index (χ1) is 12.5. The van der Waals surface area contributed by atoms with Crippen LogP contribution in [0, 0.1) is 12.7 Å². The van der Waals surface area contributed by atoms with Gasteiger partial charge in [0.2, 0.25) is 0 Å². The topological polar surface area (TPSA) is 54.2 Å². The smallest absolute Gasteiger partial charge is 0.187 e. The molecule has 0 spiro atoms. The lowest BCUT2D eigenvalue weighted by atomic mass is 9.96. The van der Waals surface area contributed by atoms with Crippen molar-refractivity contribution in [2.45, 2.75) is 45.1 Å². The van der Waals surface area contributed by atoms with E-state index in [0.717, 1.165) is 18.5 Å². The third kappa shape index (κ3) is 4.59. The highest BCUT2D eigenvalue weighted by molar-refractivity contribution is 7.80. The van der Waals surface area contributed by atoms with Crippen molar-refractivity contribution in [2.24, 2.45) is 5.10 Å². The number of aryl methyl sites for hydroxylation is 1. The van der Waals surface area contributed by atoms with Gasteiger partial charge in [0.05, 0.1) is 23.2 Å². The van der Waals surface area contributed by atoms with E-state index in [0.29, 0.717) is 27.6 Å². The minimum absolute atomic E-state index is 0.307. The van der Waals surface area contributed by atoms with Gasteiger partial charge in [-0.15, -0.1) is 0 Å². The van der Waals surface area contributed by atoms with E-state index in [1.54, 1.807) is 23.0 Å². The monoisotopic (exact) mass is 393 g/mol. The van der Waals surface area contributed by atoms with Gasteiger partial charge in [-0.3, -0.25) is 5.43 Å². The van der Waals surface area contributed by atoms with Crippen LogP contribution in [-0.4, -0.2) is 27.1 Å². The molecule has 138 valence electrons. The molecule has 0 aliphatic heterocycles. The van der Waals surface area contributed by atoms with Crippen LogP contribution in [0.4, 0.5) is 4.39 Å². The van der Waals surface area contributed by atoms with Gasteiger partial charge in [0.15, 0.2) is 5.11 Å². The number of hydrogen-bond donors (Lipinski definition) is 2. The molecular weight excluding hydrogens is 373 g/mol. The maximum Gasteiger partial charge on any atom is 0.187 e. The van der Waals surface area contributed by atoms with Crippen molar-refractivity contribution in [3.05, 3.63) is 46.5 Å². The molecule has 0 unspecified atom stereocenters. The van der Waals surface area contributed by atoms with Gasteiger partial charge >= 0.3 is 0 Å². The molecule has 1 aromatic heterocycles. The highest BCUT2D eigenvalue weighted by atomic mass is 35.5. The quantitative estimate of drug-likeness (QED) is 0.466. The summed E-state index contributed by atoms with van der Waals surface area (Å²) in [4.78, 5) is 0. The molecule has 26 heavy (non-hydrogen) atoms. The van der Waals surface area contributed by atoms with Crippen LogP contribution in [0.5, 0.6) is 0 Å². The van der Waals surface area contributed by atoms with E-state index < -0.39 is 0 Å². The second-order valence-corrected chi connectivity index (χ2v) is 7.12. The molecule has 0 radical (unpaired) electrons. The number of benzene rings is 1. The molecule has 0 amide bonds. The van der Waals surface area contributed by atoms with Crippen molar-refractivity contribution in [2.75, 3.05) is 0 Å². The first kappa shape index (κ1) is 18.8. The Labute approximate surface area is 162 Å². The summed E-state index contributed by atoms with van der Waals surface area (Å²) < 4.78 is 14.6. The van der Waals surface area contributed by atoms with Crippen molar-refractivity contribution in [3.63, 3.8) is 0 Å². The number of rotatable bonds is 4. The highest BCUT2D eigenvalue weighted by Crippen LogP contribution is 2.22. The number of thiocarbonyl (C=S) groups is 1. The number of nitrogens with zero attached hydrogens (tertiary/aromatic N) is 3. The van der Waals surface area contributed by atoms with Crippen molar-refractivity contribution in [1.82, 2.24) is 20.5 Å². The lowest BCUT2D eigenvalue weighted by molar-refractivity contribution is 0.412. The van der Waals surface area contributed by atoms with Crippen molar-refractivity contribution in [1.29, 1.82) is 0 Å². The number of aromatic nitrogens is 2. The van der Waals surface area contributed by atoms with Crippen LogP contribution in [0.3, 0.4) is 0 Å². The van der Waals surface area contributed by atoms with Gasteiger partial charge in [-0.25, -0.2) is 9.07 Å². The van der Waals surface area contributed by atoms with Gasteiger partial charge in [-0.1, -0.05) is 30.9 Å². The normalized spacial score (nSPS) is 15.3. The zero-order valence-corrected chi connectivity index (χ0v) is 16.1. The minimum atomic E-state index is -0.307. The third-order valence-corrected chi connectivity index (χ3v) is 4.99. The fraction of sp³-hybridized carbons (Fsp3) is 0.389. The summed E-state index contributed by atoms with van der Waals surface area (Å²) in [6.07, 6.45) is 7.65.